The fourth-order valence-corrected chi connectivity index (χ4v) is 5.82. The predicted molar refractivity (Wildman–Crippen MR) is 99.4 cm³/mol. The van der Waals surface area contributed by atoms with Gasteiger partial charge in [0.25, 0.3) is 11.8 Å². The molecule has 9 heteroatoms. The number of nitrogens with zero attached hydrogens (tertiary/aromatic N) is 3. The van der Waals surface area contributed by atoms with E-state index in [0.29, 0.717) is 25.2 Å². The summed E-state index contributed by atoms with van der Waals surface area (Å²) in [6.07, 6.45) is 5.10. The Kier molecular flexibility index (Phi) is 4.73. The van der Waals surface area contributed by atoms with Gasteiger partial charge in [0, 0.05) is 25.2 Å². The molecule has 0 aromatic carbocycles. The van der Waals surface area contributed by atoms with E-state index in [9.17, 15) is 18.0 Å². The minimum atomic E-state index is -3.08. The van der Waals surface area contributed by atoms with E-state index >= 15 is 0 Å². The summed E-state index contributed by atoms with van der Waals surface area (Å²) in [5.74, 6) is -0.0653. The first-order chi connectivity index (χ1) is 12.9. The molecule has 0 bridgehead atoms. The molecule has 27 heavy (non-hydrogen) atoms. The van der Waals surface area contributed by atoms with Crippen LogP contribution < -0.4 is 5.32 Å². The fraction of sp³-hybridized carbons (Fsp3) is 0.722. The second-order valence-corrected chi connectivity index (χ2v) is 9.96. The second-order valence-electron chi connectivity index (χ2n) is 7.74. The highest BCUT2D eigenvalue weighted by Gasteiger charge is 2.37. The summed E-state index contributed by atoms with van der Waals surface area (Å²) in [5.41, 5.74) is 1.19. The molecule has 3 aliphatic rings. The zero-order valence-corrected chi connectivity index (χ0v) is 16.4. The lowest BCUT2D eigenvalue weighted by Crippen LogP contribution is -2.42. The van der Waals surface area contributed by atoms with Crippen molar-refractivity contribution in [3.05, 3.63) is 17.2 Å². The maximum Gasteiger partial charge on any atom is 0.290 e. The van der Waals surface area contributed by atoms with Crippen LogP contribution in [0.1, 0.15) is 65.8 Å². The molecule has 1 aromatic heterocycles. The van der Waals surface area contributed by atoms with Crippen molar-refractivity contribution >= 4 is 21.7 Å². The van der Waals surface area contributed by atoms with Gasteiger partial charge in [-0.2, -0.15) is 0 Å². The van der Waals surface area contributed by atoms with Crippen molar-refractivity contribution in [2.75, 3.05) is 18.1 Å². The van der Waals surface area contributed by atoms with Gasteiger partial charge in [0.1, 0.15) is 5.69 Å². The van der Waals surface area contributed by atoms with Gasteiger partial charge in [-0.15, -0.1) is 0 Å². The third-order valence-electron chi connectivity index (χ3n) is 5.69. The highest BCUT2D eigenvalue weighted by Crippen LogP contribution is 2.26. The van der Waals surface area contributed by atoms with E-state index in [2.05, 4.69) is 10.3 Å². The minimum absolute atomic E-state index is 0.00910. The fourth-order valence-electron chi connectivity index (χ4n) is 4.09. The number of nitrogens with one attached hydrogen (secondary N) is 1. The molecule has 4 rings (SSSR count). The Labute approximate surface area is 159 Å². The van der Waals surface area contributed by atoms with Gasteiger partial charge in [0.15, 0.2) is 15.7 Å². The molecular formula is C18H26N4O4S. The molecular weight excluding hydrogens is 368 g/mol. The molecule has 1 aromatic rings. The minimum Gasteiger partial charge on any atom is -0.348 e. The lowest BCUT2D eigenvalue weighted by atomic mass is 10.1. The highest BCUT2D eigenvalue weighted by atomic mass is 32.2. The van der Waals surface area contributed by atoms with Gasteiger partial charge in [-0.05, 0) is 45.4 Å². The highest BCUT2D eigenvalue weighted by molar-refractivity contribution is 7.91. The Morgan fingerprint density at radius 1 is 1.26 bits per heavy atom. The van der Waals surface area contributed by atoms with Gasteiger partial charge in [-0.1, -0.05) is 0 Å². The quantitative estimate of drug-likeness (QED) is 0.795. The Hall–Kier alpha value is -1.90. The summed E-state index contributed by atoms with van der Waals surface area (Å²) in [6, 6.07) is -0.0822. The molecule has 2 amide bonds. The summed E-state index contributed by atoms with van der Waals surface area (Å²) in [6.45, 7) is 2.94. The zero-order valence-electron chi connectivity index (χ0n) is 15.6. The van der Waals surface area contributed by atoms with Crippen LogP contribution in [-0.2, 0) is 22.8 Å². The van der Waals surface area contributed by atoms with E-state index in [0.717, 1.165) is 37.8 Å². The Bertz CT molecular complexity index is 872. The van der Waals surface area contributed by atoms with Crippen molar-refractivity contribution in [3.63, 3.8) is 0 Å². The molecule has 1 saturated heterocycles. The Morgan fingerprint density at radius 2 is 2.04 bits per heavy atom. The standard InChI is InChI=1S/C18H26N4O4S/c1-2-21(13-8-10-27(25,26)11-13)18(24)16-20-15(17(23)19-12-6-7-12)14-5-3-4-9-22(14)16/h12-13H,2-11H2,1H3,(H,19,23). The third kappa shape index (κ3) is 3.61. The van der Waals surface area contributed by atoms with E-state index in [1.807, 2.05) is 11.5 Å². The molecule has 1 atom stereocenters. The second kappa shape index (κ2) is 6.92. The molecule has 0 spiro atoms. The maximum atomic E-state index is 13.2. The summed E-state index contributed by atoms with van der Waals surface area (Å²) in [4.78, 5) is 31.9. The van der Waals surface area contributed by atoms with Crippen molar-refractivity contribution < 1.29 is 18.0 Å². The van der Waals surface area contributed by atoms with Crippen LogP contribution in [0.2, 0.25) is 0 Å². The smallest absolute Gasteiger partial charge is 0.290 e. The average Bonchev–Trinajstić information content (AvgIpc) is 3.25. The van der Waals surface area contributed by atoms with Gasteiger partial charge >= 0.3 is 0 Å². The van der Waals surface area contributed by atoms with Crippen LogP contribution in [0.4, 0.5) is 0 Å². The first-order valence-corrected chi connectivity index (χ1v) is 11.6. The molecule has 2 aliphatic heterocycles. The normalized spacial score (nSPS) is 23.7. The summed E-state index contributed by atoms with van der Waals surface area (Å²) >= 11 is 0. The maximum absolute atomic E-state index is 13.2. The van der Waals surface area contributed by atoms with E-state index in [-0.39, 0.29) is 41.2 Å². The van der Waals surface area contributed by atoms with Gasteiger partial charge in [0.05, 0.1) is 17.2 Å². The number of hydrogen-bond acceptors (Lipinski definition) is 5. The first-order valence-electron chi connectivity index (χ1n) is 9.81. The largest absolute Gasteiger partial charge is 0.348 e. The van der Waals surface area contributed by atoms with E-state index in [1.54, 1.807) is 4.90 Å². The first kappa shape index (κ1) is 18.5. The van der Waals surface area contributed by atoms with Crippen molar-refractivity contribution in [3.8, 4) is 0 Å². The topological polar surface area (TPSA) is 101 Å². The Balaban J connectivity index is 1.64. The molecule has 8 nitrogen and oxygen atoms in total. The lowest BCUT2D eigenvalue weighted by molar-refractivity contribution is 0.0689. The van der Waals surface area contributed by atoms with Crippen LogP contribution in [0, 0.1) is 0 Å². The van der Waals surface area contributed by atoms with E-state index < -0.39 is 9.84 Å². The number of rotatable bonds is 5. The van der Waals surface area contributed by atoms with Crippen molar-refractivity contribution in [2.45, 2.75) is 64.1 Å². The average molecular weight is 394 g/mol. The summed E-state index contributed by atoms with van der Waals surface area (Å²) < 4.78 is 25.6. The number of hydrogen-bond donors (Lipinski definition) is 1. The molecule has 1 aliphatic carbocycles. The van der Waals surface area contributed by atoms with Crippen molar-refractivity contribution in [1.82, 2.24) is 19.8 Å². The summed E-state index contributed by atoms with van der Waals surface area (Å²) in [5, 5.41) is 2.96. The number of amides is 2. The van der Waals surface area contributed by atoms with Crippen LogP contribution in [0.5, 0.6) is 0 Å². The van der Waals surface area contributed by atoms with Gasteiger partial charge in [0.2, 0.25) is 0 Å². The molecule has 1 unspecified atom stereocenters. The monoisotopic (exact) mass is 394 g/mol. The number of aromatic nitrogens is 2. The number of imidazole rings is 1. The molecule has 0 radical (unpaired) electrons. The number of carbonyl (C=O) groups excluding carboxylic acids is 2. The number of carbonyl (C=O) groups is 2. The molecule has 148 valence electrons. The zero-order chi connectivity index (χ0) is 19.2. The number of sulfone groups is 1. The molecule has 1 N–H and O–H groups in total. The van der Waals surface area contributed by atoms with Gasteiger partial charge in [-0.3, -0.25) is 9.59 Å². The third-order valence-corrected chi connectivity index (χ3v) is 7.44. The van der Waals surface area contributed by atoms with Crippen LogP contribution >= 0.6 is 0 Å². The van der Waals surface area contributed by atoms with Crippen LogP contribution in [0.3, 0.4) is 0 Å². The molecule has 1 saturated carbocycles. The summed E-state index contributed by atoms with van der Waals surface area (Å²) in [7, 11) is -3.08. The predicted octanol–water partition coefficient (Wildman–Crippen LogP) is 0.761. The lowest BCUT2D eigenvalue weighted by Gasteiger charge is -2.27. The van der Waals surface area contributed by atoms with Crippen molar-refractivity contribution in [1.29, 1.82) is 0 Å². The van der Waals surface area contributed by atoms with Crippen LogP contribution in [-0.4, -0.2) is 64.8 Å². The van der Waals surface area contributed by atoms with Crippen LogP contribution in [0.15, 0.2) is 0 Å². The van der Waals surface area contributed by atoms with Crippen LogP contribution in [0.25, 0.3) is 0 Å². The van der Waals surface area contributed by atoms with Gasteiger partial charge in [-0.25, -0.2) is 13.4 Å². The molecule has 2 fully saturated rings. The SMILES string of the molecule is CCN(C(=O)c1nc(C(=O)NC2CC2)c2n1CCCC2)C1CCS(=O)(=O)C1. The van der Waals surface area contributed by atoms with E-state index in [1.165, 1.54) is 0 Å². The van der Waals surface area contributed by atoms with E-state index in [4.69, 9.17) is 0 Å². The Morgan fingerprint density at radius 3 is 2.67 bits per heavy atom. The number of fused-ring (bicyclic) bond motifs is 1. The van der Waals surface area contributed by atoms with Crippen molar-refractivity contribution in [2.24, 2.45) is 0 Å². The van der Waals surface area contributed by atoms with Gasteiger partial charge < -0.3 is 14.8 Å². The molecule has 3 heterocycles.